The summed E-state index contributed by atoms with van der Waals surface area (Å²) in [6.45, 7) is 5.15. The highest BCUT2D eigenvalue weighted by atomic mass is 16.7. The number of anilines is 1. The topological polar surface area (TPSA) is 127 Å². The Labute approximate surface area is 230 Å². The highest BCUT2D eigenvalue weighted by Crippen LogP contribution is 2.35. The molecule has 2 heterocycles. The average molecular weight is 546 g/mol. The number of carbonyl (C=O) groups excluding carboxylic acids is 1. The molecular formula is C31H31NO8. The maximum absolute atomic E-state index is 12.9. The van der Waals surface area contributed by atoms with E-state index >= 15 is 0 Å². The SMILES string of the molecule is COC1C(O)C(O)C(Oc2ccc3cc(NC(=O)c4ccc(-c5ccccc5)cc4)c(=O)oc3c2C)OC1(C)C. The van der Waals surface area contributed by atoms with Crippen LogP contribution in [0.5, 0.6) is 5.75 Å². The number of aliphatic hydroxyl groups is 2. The van der Waals surface area contributed by atoms with Gasteiger partial charge in [0.15, 0.2) is 0 Å². The summed E-state index contributed by atoms with van der Waals surface area (Å²) in [5.74, 6) is -0.143. The molecule has 4 atom stereocenters. The summed E-state index contributed by atoms with van der Waals surface area (Å²) in [5.41, 5.74) is 1.48. The van der Waals surface area contributed by atoms with Crippen molar-refractivity contribution in [3.05, 3.63) is 94.3 Å². The van der Waals surface area contributed by atoms with E-state index in [1.165, 1.54) is 13.2 Å². The number of fused-ring (bicyclic) bond motifs is 1. The number of amides is 1. The molecular weight excluding hydrogens is 514 g/mol. The van der Waals surface area contributed by atoms with E-state index in [-0.39, 0.29) is 11.3 Å². The van der Waals surface area contributed by atoms with Crippen LogP contribution in [0, 0.1) is 6.92 Å². The van der Waals surface area contributed by atoms with Crippen LogP contribution < -0.4 is 15.7 Å². The van der Waals surface area contributed by atoms with Gasteiger partial charge in [0.2, 0.25) is 6.29 Å². The lowest BCUT2D eigenvalue weighted by Crippen LogP contribution is -2.63. The lowest BCUT2D eigenvalue weighted by molar-refractivity contribution is -0.306. The molecule has 3 aromatic carbocycles. The molecule has 9 nitrogen and oxygen atoms in total. The monoisotopic (exact) mass is 545 g/mol. The third-order valence-electron chi connectivity index (χ3n) is 7.14. The van der Waals surface area contributed by atoms with Gasteiger partial charge in [-0.2, -0.15) is 0 Å². The van der Waals surface area contributed by atoms with Crippen molar-refractivity contribution in [3.8, 4) is 16.9 Å². The molecule has 1 aliphatic rings. The Morgan fingerprint density at radius 1 is 0.950 bits per heavy atom. The van der Waals surface area contributed by atoms with E-state index in [9.17, 15) is 19.8 Å². The van der Waals surface area contributed by atoms with Gasteiger partial charge in [-0.05, 0) is 62.2 Å². The van der Waals surface area contributed by atoms with Crippen LogP contribution >= 0.6 is 0 Å². The van der Waals surface area contributed by atoms with E-state index in [0.717, 1.165) is 11.1 Å². The zero-order valence-corrected chi connectivity index (χ0v) is 22.6. The second-order valence-electron chi connectivity index (χ2n) is 10.3. The molecule has 1 amide bonds. The Morgan fingerprint density at radius 3 is 2.30 bits per heavy atom. The third kappa shape index (κ3) is 5.24. The molecule has 3 N–H and O–H groups in total. The minimum absolute atomic E-state index is 0.000723. The maximum Gasteiger partial charge on any atom is 0.360 e. The summed E-state index contributed by atoms with van der Waals surface area (Å²) in [5, 5.41) is 24.3. The first-order valence-corrected chi connectivity index (χ1v) is 12.9. The van der Waals surface area contributed by atoms with Crippen molar-refractivity contribution in [2.45, 2.75) is 51.0 Å². The minimum atomic E-state index is -1.38. The largest absolute Gasteiger partial charge is 0.462 e. The van der Waals surface area contributed by atoms with Crippen molar-refractivity contribution in [1.29, 1.82) is 0 Å². The molecule has 0 bridgehead atoms. The molecule has 0 saturated carbocycles. The molecule has 208 valence electrons. The molecule has 0 aliphatic carbocycles. The van der Waals surface area contributed by atoms with Crippen LogP contribution in [0.3, 0.4) is 0 Å². The second kappa shape index (κ2) is 10.9. The van der Waals surface area contributed by atoms with Crippen LogP contribution in [-0.4, -0.2) is 53.4 Å². The fourth-order valence-electron chi connectivity index (χ4n) is 4.99. The van der Waals surface area contributed by atoms with Crippen molar-refractivity contribution < 1.29 is 33.6 Å². The Bertz CT molecular complexity index is 1580. The predicted octanol–water partition coefficient (Wildman–Crippen LogP) is 4.27. The molecule has 1 fully saturated rings. The summed E-state index contributed by atoms with van der Waals surface area (Å²) in [4.78, 5) is 25.7. The van der Waals surface area contributed by atoms with Crippen LogP contribution in [0.25, 0.3) is 22.1 Å². The summed E-state index contributed by atoms with van der Waals surface area (Å²) >= 11 is 0. The lowest BCUT2D eigenvalue weighted by atomic mass is 9.89. The first-order chi connectivity index (χ1) is 19.1. The lowest BCUT2D eigenvalue weighted by Gasteiger charge is -2.46. The fraction of sp³-hybridized carbons (Fsp3) is 0.290. The van der Waals surface area contributed by atoms with Crippen molar-refractivity contribution in [3.63, 3.8) is 0 Å². The van der Waals surface area contributed by atoms with E-state index < -0.39 is 41.7 Å². The highest BCUT2D eigenvalue weighted by Gasteiger charge is 2.50. The summed E-state index contributed by atoms with van der Waals surface area (Å²) in [6, 6.07) is 21.7. The molecule has 4 aromatic rings. The van der Waals surface area contributed by atoms with Gasteiger partial charge in [0, 0.05) is 23.6 Å². The molecule has 5 rings (SSSR count). The predicted molar refractivity (Wildman–Crippen MR) is 149 cm³/mol. The number of rotatable bonds is 6. The number of hydrogen-bond donors (Lipinski definition) is 3. The smallest absolute Gasteiger partial charge is 0.360 e. The fourth-order valence-corrected chi connectivity index (χ4v) is 4.99. The number of carbonyl (C=O) groups is 1. The van der Waals surface area contributed by atoms with Gasteiger partial charge in [0.25, 0.3) is 5.91 Å². The Morgan fingerprint density at radius 2 is 1.62 bits per heavy atom. The standard InChI is InChI=1S/C31H31NO8/c1-17-23(38-30-25(34)24(33)27(37-4)31(2,3)40-30)15-14-21-16-22(29(36)39-26(17)21)32-28(35)20-12-10-19(11-13-20)18-8-6-5-7-9-18/h5-16,24-25,27,30,33-34H,1-4H3,(H,32,35). The van der Waals surface area contributed by atoms with E-state index in [1.807, 2.05) is 42.5 Å². The number of nitrogens with one attached hydrogen (secondary N) is 1. The molecule has 1 aromatic heterocycles. The van der Waals surface area contributed by atoms with Crippen LogP contribution in [-0.2, 0) is 9.47 Å². The van der Waals surface area contributed by atoms with Crippen LogP contribution in [0.15, 0.2) is 82.0 Å². The number of aryl methyl sites for hydroxylation is 1. The van der Waals surface area contributed by atoms with Gasteiger partial charge in [0.05, 0.1) is 5.60 Å². The average Bonchev–Trinajstić information content (AvgIpc) is 2.94. The van der Waals surface area contributed by atoms with Gasteiger partial charge in [-0.15, -0.1) is 0 Å². The van der Waals surface area contributed by atoms with Gasteiger partial charge in [-0.25, -0.2) is 4.79 Å². The second-order valence-corrected chi connectivity index (χ2v) is 10.3. The van der Waals surface area contributed by atoms with Gasteiger partial charge < -0.3 is 34.2 Å². The highest BCUT2D eigenvalue weighted by molar-refractivity contribution is 6.05. The molecule has 9 heteroatoms. The summed E-state index contributed by atoms with van der Waals surface area (Å²) in [7, 11) is 1.43. The third-order valence-corrected chi connectivity index (χ3v) is 7.14. The summed E-state index contributed by atoms with van der Waals surface area (Å²) in [6.07, 6.45) is -4.56. The number of ether oxygens (including phenoxy) is 3. The first-order valence-electron chi connectivity index (χ1n) is 12.9. The number of aliphatic hydroxyl groups excluding tert-OH is 2. The molecule has 4 unspecified atom stereocenters. The molecule has 1 saturated heterocycles. The maximum atomic E-state index is 12.9. The molecule has 0 radical (unpaired) electrons. The number of benzene rings is 3. The number of hydrogen-bond acceptors (Lipinski definition) is 8. The van der Waals surface area contributed by atoms with Crippen LogP contribution in [0.4, 0.5) is 5.69 Å². The number of methoxy groups -OCH3 is 1. The van der Waals surface area contributed by atoms with E-state index in [1.54, 1.807) is 45.0 Å². The Balaban J connectivity index is 1.35. The van der Waals surface area contributed by atoms with Gasteiger partial charge in [0.1, 0.15) is 35.3 Å². The van der Waals surface area contributed by atoms with Crippen molar-refractivity contribution in [1.82, 2.24) is 0 Å². The van der Waals surface area contributed by atoms with Gasteiger partial charge in [-0.3, -0.25) is 4.79 Å². The van der Waals surface area contributed by atoms with Gasteiger partial charge >= 0.3 is 5.63 Å². The minimum Gasteiger partial charge on any atom is -0.462 e. The zero-order chi connectivity index (χ0) is 28.6. The van der Waals surface area contributed by atoms with Crippen molar-refractivity contribution >= 4 is 22.6 Å². The van der Waals surface area contributed by atoms with E-state index in [0.29, 0.717) is 22.3 Å². The molecule has 1 aliphatic heterocycles. The zero-order valence-electron chi connectivity index (χ0n) is 22.6. The normalized spacial score (nSPS) is 22.1. The van der Waals surface area contributed by atoms with Crippen molar-refractivity contribution in [2.24, 2.45) is 0 Å². The first kappa shape index (κ1) is 27.5. The van der Waals surface area contributed by atoms with E-state index in [4.69, 9.17) is 18.6 Å². The summed E-state index contributed by atoms with van der Waals surface area (Å²) < 4.78 is 22.7. The quantitative estimate of drug-likeness (QED) is 0.307. The Kier molecular flexibility index (Phi) is 7.48. The molecule has 0 spiro atoms. The Hall–Kier alpha value is -4.02. The van der Waals surface area contributed by atoms with Crippen LogP contribution in [0.1, 0.15) is 29.8 Å². The van der Waals surface area contributed by atoms with Gasteiger partial charge in [-0.1, -0.05) is 42.5 Å². The van der Waals surface area contributed by atoms with E-state index in [2.05, 4.69) is 5.32 Å². The van der Waals surface area contributed by atoms with Crippen molar-refractivity contribution in [2.75, 3.05) is 12.4 Å². The molecule has 40 heavy (non-hydrogen) atoms. The van der Waals surface area contributed by atoms with Crippen LogP contribution in [0.2, 0.25) is 0 Å².